The van der Waals surface area contributed by atoms with Crippen LogP contribution in [-0.4, -0.2) is 43.1 Å². The molecule has 1 aliphatic rings. The van der Waals surface area contributed by atoms with Gasteiger partial charge in [0.05, 0.1) is 18.8 Å². The molecule has 1 aromatic rings. The highest BCUT2D eigenvalue weighted by Crippen LogP contribution is 2.32. The van der Waals surface area contributed by atoms with Crippen LogP contribution < -0.4 is 20.3 Å². The molecule has 0 radical (unpaired) electrons. The maximum Gasteiger partial charge on any atom is 0.263 e. The molecular formula is C19H29N3O3. The van der Waals surface area contributed by atoms with Gasteiger partial charge in [0.2, 0.25) is 5.91 Å². The van der Waals surface area contributed by atoms with E-state index in [2.05, 4.69) is 10.6 Å². The number of benzene rings is 1. The topological polar surface area (TPSA) is 70.7 Å². The minimum absolute atomic E-state index is 0.0640. The second-order valence-corrected chi connectivity index (χ2v) is 6.70. The summed E-state index contributed by atoms with van der Waals surface area (Å²) < 4.78 is 5.89. The van der Waals surface area contributed by atoms with Crippen LogP contribution in [0.4, 0.5) is 5.69 Å². The van der Waals surface area contributed by atoms with Crippen LogP contribution in [0, 0.1) is 0 Å². The van der Waals surface area contributed by atoms with Crippen molar-refractivity contribution < 1.29 is 14.3 Å². The van der Waals surface area contributed by atoms with Crippen molar-refractivity contribution in [2.45, 2.75) is 58.7 Å². The number of carbonyl (C=O) groups is 2. The van der Waals surface area contributed by atoms with Crippen molar-refractivity contribution in [3.63, 3.8) is 0 Å². The summed E-state index contributed by atoms with van der Waals surface area (Å²) in [4.78, 5) is 26.7. The Bertz CT molecular complexity index is 599. The molecule has 0 bridgehead atoms. The molecule has 138 valence electrons. The Morgan fingerprint density at radius 3 is 2.52 bits per heavy atom. The molecule has 6 nitrogen and oxygen atoms in total. The maximum absolute atomic E-state index is 12.6. The third-order valence-electron chi connectivity index (χ3n) is 4.27. The normalized spacial score (nSPS) is 16.4. The number of hydrogen-bond acceptors (Lipinski definition) is 4. The zero-order valence-electron chi connectivity index (χ0n) is 15.5. The van der Waals surface area contributed by atoms with E-state index in [9.17, 15) is 9.59 Å². The summed E-state index contributed by atoms with van der Waals surface area (Å²) in [6.07, 6.45) is 1.14. The Labute approximate surface area is 149 Å². The molecule has 1 heterocycles. The van der Waals surface area contributed by atoms with E-state index in [1.807, 2.05) is 56.9 Å². The molecule has 2 N–H and O–H groups in total. The number of hydrogen-bond donors (Lipinski definition) is 2. The van der Waals surface area contributed by atoms with Crippen LogP contribution >= 0.6 is 0 Å². The fourth-order valence-corrected chi connectivity index (χ4v) is 2.92. The van der Waals surface area contributed by atoms with E-state index < -0.39 is 6.10 Å². The molecule has 1 aliphatic heterocycles. The quantitative estimate of drug-likeness (QED) is 0.792. The lowest BCUT2D eigenvalue weighted by atomic mass is 10.1. The summed E-state index contributed by atoms with van der Waals surface area (Å²) in [5, 5.41) is 5.93. The van der Waals surface area contributed by atoms with Crippen molar-refractivity contribution in [3.05, 3.63) is 24.3 Å². The number of rotatable bonds is 7. The van der Waals surface area contributed by atoms with E-state index in [1.54, 1.807) is 0 Å². The molecule has 6 heteroatoms. The van der Waals surface area contributed by atoms with Crippen molar-refractivity contribution >= 4 is 17.5 Å². The Morgan fingerprint density at radius 1 is 1.20 bits per heavy atom. The minimum atomic E-state index is -0.623. The predicted octanol–water partition coefficient (Wildman–Crippen LogP) is 2.08. The Kier molecular flexibility index (Phi) is 6.67. The summed E-state index contributed by atoms with van der Waals surface area (Å²) in [5.74, 6) is 0.444. The van der Waals surface area contributed by atoms with Gasteiger partial charge in [-0.25, -0.2) is 0 Å². The number of para-hydroxylation sites is 2. The average Bonchev–Trinajstić information content (AvgIpc) is 2.58. The molecule has 25 heavy (non-hydrogen) atoms. The molecule has 0 aromatic heterocycles. The van der Waals surface area contributed by atoms with Crippen LogP contribution in [0.3, 0.4) is 0 Å². The van der Waals surface area contributed by atoms with Crippen LogP contribution in [0.15, 0.2) is 24.3 Å². The maximum atomic E-state index is 12.6. The number of nitrogens with zero attached hydrogens (tertiary/aromatic N) is 1. The molecule has 0 saturated heterocycles. The molecular weight excluding hydrogens is 318 g/mol. The van der Waals surface area contributed by atoms with Crippen LogP contribution in [0.2, 0.25) is 0 Å². The highest BCUT2D eigenvalue weighted by molar-refractivity contribution is 5.86. The molecule has 0 saturated carbocycles. The van der Waals surface area contributed by atoms with Gasteiger partial charge in [-0.3, -0.25) is 9.59 Å². The van der Waals surface area contributed by atoms with E-state index in [1.165, 1.54) is 0 Å². The summed E-state index contributed by atoms with van der Waals surface area (Å²) in [6.45, 7) is 8.51. The van der Waals surface area contributed by atoms with Crippen LogP contribution in [0.25, 0.3) is 0 Å². The van der Waals surface area contributed by atoms with Gasteiger partial charge < -0.3 is 20.3 Å². The van der Waals surface area contributed by atoms with Gasteiger partial charge >= 0.3 is 0 Å². The number of amides is 2. The highest BCUT2D eigenvalue weighted by Gasteiger charge is 2.32. The molecule has 0 fully saturated rings. The Morgan fingerprint density at radius 2 is 1.88 bits per heavy atom. The van der Waals surface area contributed by atoms with E-state index in [4.69, 9.17) is 4.74 Å². The highest BCUT2D eigenvalue weighted by atomic mass is 16.5. The summed E-state index contributed by atoms with van der Waals surface area (Å²) in [5.41, 5.74) is 0.841. The van der Waals surface area contributed by atoms with Gasteiger partial charge in [0.1, 0.15) is 5.75 Å². The number of carbonyl (C=O) groups excluding carboxylic acids is 2. The lowest BCUT2D eigenvalue weighted by Crippen LogP contribution is -2.53. The molecule has 0 aliphatic carbocycles. The first kappa shape index (κ1) is 19.1. The standard InChI is InChI=1S/C19H29N3O3/c1-5-14(6-2)21-19(24)17-11-22(12-18(23)20-13(3)4)15-9-7-8-10-16(15)25-17/h7-10,13-14,17H,5-6,11-12H2,1-4H3,(H,20,23)(H,21,24). The zero-order chi connectivity index (χ0) is 18.4. The van der Waals surface area contributed by atoms with Crippen LogP contribution in [-0.2, 0) is 9.59 Å². The Hall–Kier alpha value is -2.24. The van der Waals surface area contributed by atoms with Gasteiger partial charge in [-0.15, -0.1) is 0 Å². The molecule has 1 aromatic carbocycles. The number of ether oxygens (including phenoxy) is 1. The van der Waals surface area contributed by atoms with E-state index in [0.717, 1.165) is 18.5 Å². The third-order valence-corrected chi connectivity index (χ3v) is 4.27. The van der Waals surface area contributed by atoms with E-state index in [0.29, 0.717) is 12.3 Å². The first-order valence-electron chi connectivity index (χ1n) is 9.04. The molecule has 1 unspecified atom stereocenters. The van der Waals surface area contributed by atoms with Crippen molar-refractivity contribution in [1.82, 2.24) is 10.6 Å². The van der Waals surface area contributed by atoms with Crippen LogP contribution in [0.1, 0.15) is 40.5 Å². The summed E-state index contributed by atoms with van der Waals surface area (Å²) >= 11 is 0. The molecule has 2 rings (SSSR count). The average molecular weight is 347 g/mol. The SMILES string of the molecule is CCC(CC)NC(=O)C1CN(CC(=O)NC(C)C)c2ccccc2O1. The third kappa shape index (κ3) is 5.11. The van der Waals surface area contributed by atoms with Crippen molar-refractivity contribution in [2.75, 3.05) is 18.0 Å². The Balaban J connectivity index is 2.13. The second kappa shape index (κ2) is 8.74. The van der Waals surface area contributed by atoms with Crippen LogP contribution in [0.5, 0.6) is 5.75 Å². The smallest absolute Gasteiger partial charge is 0.263 e. The largest absolute Gasteiger partial charge is 0.477 e. The predicted molar refractivity (Wildman–Crippen MR) is 98.9 cm³/mol. The second-order valence-electron chi connectivity index (χ2n) is 6.70. The monoisotopic (exact) mass is 347 g/mol. The minimum Gasteiger partial charge on any atom is -0.477 e. The van der Waals surface area contributed by atoms with Gasteiger partial charge in [0, 0.05) is 12.1 Å². The van der Waals surface area contributed by atoms with Gasteiger partial charge in [-0.05, 0) is 38.8 Å². The number of nitrogens with one attached hydrogen (secondary N) is 2. The van der Waals surface area contributed by atoms with E-state index >= 15 is 0 Å². The fourth-order valence-electron chi connectivity index (χ4n) is 2.92. The van der Waals surface area contributed by atoms with Gasteiger partial charge in [-0.1, -0.05) is 26.0 Å². The van der Waals surface area contributed by atoms with Gasteiger partial charge in [0.15, 0.2) is 6.10 Å². The van der Waals surface area contributed by atoms with Crippen molar-refractivity contribution in [2.24, 2.45) is 0 Å². The number of anilines is 1. The summed E-state index contributed by atoms with van der Waals surface area (Å²) in [6, 6.07) is 7.74. The number of fused-ring (bicyclic) bond motifs is 1. The van der Waals surface area contributed by atoms with Crippen molar-refractivity contribution in [1.29, 1.82) is 0 Å². The zero-order valence-corrected chi connectivity index (χ0v) is 15.5. The lowest BCUT2D eigenvalue weighted by Gasteiger charge is -2.35. The molecule has 0 spiro atoms. The van der Waals surface area contributed by atoms with E-state index in [-0.39, 0.29) is 30.4 Å². The lowest BCUT2D eigenvalue weighted by molar-refractivity contribution is -0.129. The fraction of sp³-hybridized carbons (Fsp3) is 0.579. The first-order chi connectivity index (χ1) is 11.9. The van der Waals surface area contributed by atoms with Gasteiger partial charge in [0.25, 0.3) is 5.91 Å². The first-order valence-corrected chi connectivity index (χ1v) is 9.04. The summed E-state index contributed by atoms with van der Waals surface area (Å²) in [7, 11) is 0. The van der Waals surface area contributed by atoms with Gasteiger partial charge in [-0.2, -0.15) is 0 Å². The molecule has 2 amide bonds. The van der Waals surface area contributed by atoms with Crippen molar-refractivity contribution in [3.8, 4) is 5.75 Å². The molecule has 1 atom stereocenters.